The van der Waals surface area contributed by atoms with E-state index >= 15 is 0 Å². The third kappa shape index (κ3) is 4.79. The first-order valence-corrected chi connectivity index (χ1v) is 8.22. The normalized spacial score (nSPS) is 11.1. The van der Waals surface area contributed by atoms with Crippen LogP contribution in [0.3, 0.4) is 0 Å². The number of aromatic nitrogens is 1. The fourth-order valence-electron chi connectivity index (χ4n) is 2.35. The summed E-state index contributed by atoms with van der Waals surface area (Å²) in [5.74, 6) is 1.24. The summed E-state index contributed by atoms with van der Waals surface area (Å²) in [7, 11) is 0. The summed E-state index contributed by atoms with van der Waals surface area (Å²) in [6.07, 6.45) is 0. The maximum Gasteiger partial charge on any atom is 0.231 e. The summed E-state index contributed by atoms with van der Waals surface area (Å²) < 4.78 is 22.2. The van der Waals surface area contributed by atoms with Gasteiger partial charge in [-0.2, -0.15) is 0 Å². The van der Waals surface area contributed by atoms with E-state index in [4.69, 9.17) is 23.7 Å². The highest BCUT2D eigenvalue weighted by Gasteiger charge is 2.12. The van der Waals surface area contributed by atoms with Crippen molar-refractivity contribution in [2.45, 2.75) is 0 Å². The third-order valence-corrected chi connectivity index (χ3v) is 3.50. The van der Waals surface area contributed by atoms with E-state index in [1.165, 1.54) is 0 Å². The zero-order valence-electron chi connectivity index (χ0n) is 13.9. The molecular formula is C19H21NO5. The van der Waals surface area contributed by atoms with Crippen LogP contribution in [0, 0.1) is 0 Å². The van der Waals surface area contributed by atoms with Crippen molar-refractivity contribution in [1.82, 2.24) is 4.98 Å². The molecule has 1 heterocycles. The summed E-state index contributed by atoms with van der Waals surface area (Å²) in [5.41, 5.74) is 2.38. The predicted octanol–water partition coefficient (Wildman–Crippen LogP) is 2.90. The molecule has 6 heteroatoms. The molecule has 0 unspecified atom stereocenters. The second-order valence-electron chi connectivity index (χ2n) is 5.28. The highest BCUT2D eigenvalue weighted by Crippen LogP contribution is 2.31. The molecule has 0 spiro atoms. The Morgan fingerprint density at radius 3 is 2.40 bits per heavy atom. The number of hydrogen-bond donors (Lipinski definition) is 1. The first kappa shape index (κ1) is 17.4. The lowest BCUT2D eigenvalue weighted by Crippen LogP contribution is -2.12. The van der Waals surface area contributed by atoms with Crippen molar-refractivity contribution < 1.29 is 23.7 Å². The van der Waals surface area contributed by atoms with Gasteiger partial charge in [-0.3, -0.25) is 0 Å². The summed E-state index contributed by atoms with van der Waals surface area (Å²) in [4.78, 5) is 4.51. The molecular weight excluding hydrogens is 322 g/mol. The minimum Gasteiger partial charge on any atom is -0.490 e. The molecule has 25 heavy (non-hydrogen) atoms. The Labute approximate surface area is 146 Å². The van der Waals surface area contributed by atoms with E-state index in [1.54, 1.807) is 0 Å². The number of nitrogens with zero attached hydrogens (tertiary/aromatic N) is 1. The number of fused-ring (bicyclic) bond motifs is 1. The molecule has 0 saturated carbocycles. The van der Waals surface area contributed by atoms with Crippen LogP contribution >= 0.6 is 0 Å². The summed E-state index contributed by atoms with van der Waals surface area (Å²) >= 11 is 0. The quantitative estimate of drug-likeness (QED) is 0.571. The van der Waals surface area contributed by atoms with Crippen LogP contribution in [-0.4, -0.2) is 49.7 Å². The van der Waals surface area contributed by atoms with E-state index in [0.717, 1.165) is 16.7 Å². The van der Waals surface area contributed by atoms with Crippen LogP contribution in [-0.2, 0) is 9.47 Å². The van der Waals surface area contributed by atoms with E-state index in [2.05, 4.69) is 4.98 Å². The third-order valence-electron chi connectivity index (χ3n) is 3.50. The van der Waals surface area contributed by atoms with Crippen LogP contribution in [0.1, 0.15) is 0 Å². The van der Waals surface area contributed by atoms with E-state index in [1.807, 2.05) is 48.5 Å². The monoisotopic (exact) mass is 343 g/mol. The lowest BCUT2D eigenvalue weighted by atomic mass is 10.2. The molecule has 132 valence electrons. The van der Waals surface area contributed by atoms with Crippen LogP contribution in [0.2, 0.25) is 0 Å². The van der Waals surface area contributed by atoms with Crippen LogP contribution in [0.5, 0.6) is 5.75 Å². The Kier molecular flexibility index (Phi) is 6.39. The number of para-hydroxylation sites is 3. The van der Waals surface area contributed by atoms with Crippen molar-refractivity contribution in [3.63, 3.8) is 0 Å². The maximum atomic E-state index is 8.60. The highest BCUT2D eigenvalue weighted by atomic mass is 16.5. The van der Waals surface area contributed by atoms with Crippen LogP contribution in [0.15, 0.2) is 52.9 Å². The Morgan fingerprint density at radius 2 is 1.56 bits per heavy atom. The van der Waals surface area contributed by atoms with Crippen molar-refractivity contribution in [3.05, 3.63) is 48.5 Å². The van der Waals surface area contributed by atoms with Gasteiger partial charge >= 0.3 is 0 Å². The molecule has 0 atom stereocenters. The number of benzene rings is 2. The number of hydrogen-bond acceptors (Lipinski definition) is 6. The van der Waals surface area contributed by atoms with Gasteiger partial charge in [0.15, 0.2) is 5.58 Å². The molecule has 2 aromatic carbocycles. The lowest BCUT2D eigenvalue weighted by Gasteiger charge is -2.10. The van der Waals surface area contributed by atoms with Crippen molar-refractivity contribution in [3.8, 4) is 17.2 Å². The number of oxazole rings is 1. The van der Waals surface area contributed by atoms with Crippen molar-refractivity contribution in [2.75, 3.05) is 39.6 Å². The standard InChI is InChI=1S/C19H21NO5/c21-9-10-22-11-12-23-13-14-24-17-7-3-1-5-15(17)19-20-16-6-2-4-8-18(16)25-19/h1-8,21H,9-14H2. The van der Waals surface area contributed by atoms with E-state index in [9.17, 15) is 0 Å². The summed E-state index contributed by atoms with van der Waals surface area (Å²) in [6.45, 7) is 2.14. The molecule has 0 radical (unpaired) electrons. The van der Waals surface area contributed by atoms with Crippen molar-refractivity contribution in [2.24, 2.45) is 0 Å². The molecule has 0 saturated heterocycles. The van der Waals surface area contributed by atoms with Gasteiger partial charge in [0.2, 0.25) is 5.89 Å². The minimum atomic E-state index is 0.0235. The van der Waals surface area contributed by atoms with Crippen molar-refractivity contribution in [1.29, 1.82) is 0 Å². The highest BCUT2D eigenvalue weighted by molar-refractivity contribution is 5.77. The van der Waals surface area contributed by atoms with Crippen LogP contribution in [0.25, 0.3) is 22.6 Å². The molecule has 0 fully saturated rings. The number of rotatable bonds is 10. The van der Waals surface area contributed by atoms with Gasteiger partial charge in [-0.05, 0) is 24.3 Å². The van der Waals surface area contributed by atoms with Gasteiger partial charge in [0, 0.05) is 0 Å². The summed E-state index contributed by atoms with van der Waals surface area (Å²) in [6, 6.07) is 15.3. The topological polar surface area (TPSA) is 74.0 Å². The molecule has 1 N–H and O–H groups in total. The largest absolute Gasteiger partial charge is 0.490 e. The first-order chi connectivity index (χ1) is 12.4. The van der Waals surface area contributed by atoms with E-state index in [-0.39, 0.29) is 6.61 Å². The van der Waals surface area contributed by atoms with Crippen LogP contribution in [0.4, 0.5) is 0 Å². The van der Waals surface area contributed by atoms with E-state index in [0.29, 0.717) is 44.7 Å². The fraction of sp³-hybridized carbons (Fsp3) is 0.316. The van der Waals surface area contributed by atoms with E-state index < -0.39 is 0 Å². The molecule has 6 nitrogen and oxygen atoms in total. The number of ether oxygens (including phenoxy) is 3. The fourth-order valence-corrected chi connectivity index (χ4v) is 2.35. The molecule has 3 aromatic rings. The van der Waals surface area contributed by atoms with Gasteiger partial charge in [0.1, 0.15) is 17.9 Å². The second kappa shape index (κ2) is 9.17. The Morgan fingerprint density at radius 1 is 0.840 bits per heavy atom. The van der Waals surface area contributed by atoms with Crippen LogP contribution < -0.4 is 4.74 Å². The average Bonchev–Trinajstić information content (AvgIpc) is 3.08. The minimum absolute atomic E-state index is 0.0235. The molecule has 0 aliphatic carbocycles. The van der Waals surface area contributed by atoms with Gasteiger partial charge in [-0.25, -0.2) is 4.98 Å². The zero-order chi connectivity index (χ0) is 17.3. The Balaban J connectivity index is 1.56. The molecule has 0 bridgehead atoms. The smallest absolute Gasteiger partial charge is 0.231 e. The Hall–Kier alpha value is -2.41. The van der Waals surface area contributed by atoms with Crippen molar-refractivity contribution >= 4 is 11.1 Å². The molecule has 0 amide bonds. The first-order valence-electron chi connectivity index (χ1n) is 8.22. The number of aliphatic hydroxyl groups is 1. The maximum absolute atomic E-state index is 8.60. The van der Waals surface area contributed by atoms with Gasteiger partial charge < -0.3 is 23.7 Å². The molecule has 0 aliphatic heterocycles. The molecule has 3 rings (SSSR count). The Bertz CT molecular complexity index is 753. The van der Waals surface area contributed by atoms with Gasteiger partial charge in [-0.1, -0.05) is 24.3 Å². The summed E-state index contributed by atoms with van der Waals surface area (Å²) in [5, 5.41) is 8.60. The van der Waals surface area contributed by atoms with Gasteiger partial charge in [0.25, 0.3) is 0 Å². The number of aliphatic hydroxyl groups excluding tert-OH is 1. The second-order valence-corrected chi connectivity index (χ2v) is 5.28. The zero-order valence-corrected chi connectivity index (χ0v) is 13.9. The average molecular weight is 343 g/mol. The SMILES string of the molecule is OCCOCCOCCOc1ccccc1-c1nc2ccccc2o1. The molecule has 0 aliphatic rings. The lowest BCUT2D eigenvalue weighted by molar-refractivity contribution is 0.0247. The molecule has 1 aromatic heterocycles. The van der Waals surface area contributed by atoms with Gasteiger partial charge in [-0.15, -0.1) is 0 Å². The van der Waals surface area contributed by atoms with Gasteiger partial charge in [0.05, 0.1) is 38.6 Å². The predicted molar refractivity (Wildman–Crippen MR) is 93.7 cm³/mol.